The Labute approximate surface area is 209 Å². The van der Waals surface area contributed by atoms with E-state index in [1.54, 1.807) is 0 Å². The SMILES string of the molecule is N#Cc1ccc(C2=c3cc4c(cc3-c3ccccc32)=C(c2ccc(C#N)cc2)C2C=CC=CC42)cc1. The number of allylic oxidation sites excluding steroid dienone is 4. The lowest BCUT2D eigenvalue weighted by atomic mass is 9.83. The first-order valence-electron chi connectivity index (χ1n) is 12.1. The topological polar surface area (TPSA) is 47.6 Å². The molecule has 0 N–H and O–H groups in total. The van der Waals surface area contributed by atoms with Crippen LogP contribution < -0.4 is 10.4 Å². The third kappa shape index (κ3) is 2.89. The minimum atomic E-state index is 0.272. The monoisotopic (exact) mass is 456 g/mol. The van der Waals surface area contributed by atoms with Crippen molar-refractivity contribution < 1.29 is 0 Å². The van der Waals surface area contributed by atoms with Crippen molar-refractivity contribution in [3.63, 3.8) is 0 Å². The maximum atomic E-state index is 9.29. The van der Waals surface area contributed by atoms with Crippen LogP contribution in [0.4, 0.5) is 0 Å². The lowest BCUT2D eigenvalue weighted by Gasteiger charge is -2.20. The highest BCUT2D eigenvalue weighted by molar-refractivity contribution is 5.96. The molecule has 36 heavy (non-hydrogen) atoms. The third-order valence-corrected chi connectivity index (χ3v) is 7.69. The Morgan fingerprint density at radius 3 is 1.83 bits per heavy atom. The Morgan fingerprint density at radius 2 is 1.17 bits per heavy atom. The van der Waals surface area contributed by atoms with Crippen LogP contribution in [0.15, 0.2) is 109 Å². The van der Waals surface area contributed by atoms with Crippen molar-refractivity contribution in [1.29, 1.82) is 10.5 Å². The van der Waals surface area contributed by atoms with Crippen molar-refractivity contribution in [3.8, 4) is 23.3 Å². The van der Waals surface area contributed by atoms with Gasteiger partial charge in [-0.2, -0.15) is 10.5 Å². The van der Waals surface area contributed by atoms with Gasteiger partial charge in [-0.05, 0) is 91.4 Å². The molecule has 0 saturated heterocycles. The Bertz CT molecular complexity index is 1840. The first-order valence-corrected chi connectivity index (χ1v) is 12.1. The average molecular weight is 457 g/mol. The first-order chi connectivity index (χ1) is 17.8. The van der Waals surface area contributed by atoms with Crippen molar-refractivity contribution >= 4 is 11.1 Å². The predicted molar refractivity (Wildman–Crippen MR) is 142 cm³/mol. The number of rotatable bonds is 2. The highest BCUT2D eigenvalue weighted by atomic mass is 14.4. The largest absolute Gasteiger partial charge is 0.192 e. The van der Waals surface area contributed by atoms with Gasteiger partial charge in [-0.15, -0.1) is 0 Å². The van der Waals surface area contributed by atoms with Gasteiger partial charge in [0.1, 0.15) is 0 Å². The molecule has 0 spiro atoms. The molecule has 0 radical (unpaired) electrons. The van der Waals surface area contributed by atoms with E-state index in [1.165, 1.54) is 49.4 Å². The van der Waals surface area contributed by atoms with Crippen molar-refractivity contribution in [3.05, 3.63) is 153 Å². The van der Waals surface area contributed by atoms with Gasteiger partial charge in [0.15, 0.2) is 0 Å². The molecule has 3 aliphatic rings. The summed E-state index contributed by atoms with van der Waals surface area (Å²) in [6, 6.07) is 33.8. The summed E-state index contributed by atoms with van der Waals surface area (Å²) in [6.45, 7) is 0. The zero-order valence-electron chi connectivity index (χ0n) is 19.4. The molecule has 0 saturated carbocycles. The molecular formula is C34H20N2. The second kappa shape index (κ2) is 7.81. The molecule has 0 amide bonds. The molecule has 0 heterocycles. The fourth-order valence-electron chi connectivity index (χ4n) is 6.09. The number of nitriles is 2. The van der Waals surface area contributed by atoms with Gasteiger partial charge in [0.05, 0.1) is 23.3 Å². The van der Waals surface area contributed by atoms with Gasteiger partial charge in [0, 0.05) is 11.8 Å². The maximum absolute atomic E-state index is 9.29. The maximum Gasteiger partial charge on any atom is 0.0991 e. The van der Waals surface area contributed by atoms with Gasteiger partial charge < -0.3 is 0 Å². The number of benzene rings is 4. The normalized spacial score (nSPS) is 18.2. The molecule has 0 aromatic heterocycles. The quantitative estimate of drug-likeness (QED) is 0.342. The van der Waals surface area contributed by atoms with Crippen molar-refractivity contribution in [2.75, 3.05) is 0 Å². The van der Waals surface area contributed by atoms with Crippen LogP contribution in [-0.2, 0) is 0 Å². The highest BCUT2D eigenvalue weighted by Gasteiger charge is 2.34. The summed E-state index contributed by atoms with van der Waals surface area (Å²) in [6.07, 6.45) is 8.92. The summed E-state index contributed by atoms with van der Waals surface area (Å²) in [5.41, 5.74) is 11.3. The van der Waals surface area contributed by atoms with Gasteiger partial charge >= 0.3 is 0 Å². The molecule has 4 aromatic rings. The van der Waals surface area contributed by atoms with E-state index in [0.717, 1.165) is 5.56 Å². The second-order valence-electron chi connectivity index (χ2n) is 9.52. The summed E-state index contributed by atoms with van der Waals surface area (Å²) >= 11 is 0. The molecule has 2 atom stereocenters. The molecule has 7 rings (SSSR count). The summed E-state index contributed by atoms with van der Waals surface area (Å²) in [4.78, 5) is 0. The fraction of sp³-hybridized carbons (Fsp3) is 0.0588. The van der Waals surface area contributed by atoms with E-state index in [9.17, 15) is 10.5 Å². The highest BCUT2D eigenvalue weighted by Crippen LogP contribution is 2.43. The minimum absolute atomic E-state index is 0.272. The van der Waals surface area contributed by atoms with Gasteiger partial charge in [-0.25, -0.2) is 0 Å². The predicted octanol–water partition coefficient (Wildman–Crippen LogP) is 5.70. The molecule has 0 aliphatic heterocycles. The van der Waals surface area contributed by atoms with Crippen LogP contribution in [0, 0.1) is 28.6 Å². The lowest BCUT2D eigenvalue weighted by molar-refractivity contribution is 0.741. The molecule has 3 aliphatic carbocycles. The Balaban J connectivity index is 1.56. The Kier molecular flexibility index (Phi) is 4.44. The van der Waals surface area contributed by atoms with E-state index in [0.29, 0.717) is 11.1 Å². The minimum Gasteiger partial charge on any atom is -0.192 e. The van der Waals surface area contributed by atoms with Crippen LogP contribution in [-0.4, -0.2) is 0 Å². The van der Waals surface area contributed by atoms with Gasteiger partial charge in [0.2, 0.25) is 0 Å². The van der Waals surface area contributed by atoms with Gasteiger partial charge in [-0.1, -0.05) is 72.8 Å². The molecule has 166 valence electrons. The van der Waals surface area contributed by atoms with E-state index in [1.807, 2.05) is 24.3 Å². The van der Waals surface area contributed by atoms with Crippen molar-refractivity contribution in [2.45, 2.75) is 5.92 Å². The fourth-order valence-corrected chi connectivity index (χ4v) is 6.09. The molecule has 2 unspecified atom stereocenters. The molecule has 2 heteroatoms. The lowest BCUT2D eigenvalue weighted by Crippen LogP contribution is -2.17. The summed E-state index contributed by atoms with van der Waals surface area (Å²) in [5.74, 6) is 0.556. The smallest absolute Gasteiger partial charge is 0.0991 e. The van der Waals surface area contributed by atoms with Gasteiger partial charge in [0.25, 0.3) is 0 Å². The van der Waals surface area contributed by atoms with E-state index in [4.69, 9.17) is 0 Å². The average Bonchev–Trinajstić information content (AvgIpc) is 3.44. The van der Waals surface area contributed by atoms with Crippen LogP contribution >= 0.6 is 0 Å². The van der Waals surface area contributed by atoms with Crippen LogP contribution in [0.3, 0.4) is 0 Å². The van der Waals surface area contributed by atoms with Crippen LogP contribution in [0.1, 0.15) is 39.3 Å². The van der Waals surface area contributed by atoms with Crippen LogP contribution in [0.2, 0.25) is 0 Å². The van der Waals surface area contributed by atoms with Crippen molar-refractivity contribution in [2.24, 2.45) is 5.92 Å². The third-order valence-electron chi connectivity index (χ3n) is 7.69. The molecular weight excluding hydrogens is 436 g/mol. The standard InChI is InChI=1S/C34H20N2/c35-19-21-9-13-23(14-10-21)33-27-7-3-1-5-25(27)29-17-32-30(18-31(29)33)26-6-2-4-8-28(26)34(32)24-15-11-22(20-36)12-16-24/h1-18,25,27H. The molecule has 0 fully saturated rings. The molecule has 2 nitrogen and oxygen atoms in total. The van der Waals surface area contributed by atoms with E-state index >= 15 is 0 Å². The summed E-state index contributed by atoms with van der Waals surface area (Å²) in [5, 5.41) is 21.1. The molecule has 4 aromatic carbocycles. The van der Waals surface area contributed by atoms with Crippen LogP contribution in [0.25, 0.3) is 22.3 Å². The Morgan fingerprint density at radius 1 is 0.556 bits per heavy atom. The molecule has 0 bridgehead atoms. The van der Waals surface area contributed by atoms with Crippen LogP contribution in [0.5, 0.6) is 0 Å². The van der Waals surface area contributed by atoms with Gasteiger partial charge in [-0.3, -0.25) is 0 Å². The zero-order valence-corrected chi connectivity index (χ0v) is 19.4. The zero-order chi connectivity index (χ0) is 24.2. The number of nitrogens with zero attached hydrogens (tertiary/aromatic N) is 2. The van der Waals surface area contributed by atoms with E-state index in [2.05, 4.69) is 97.1 Å². The van der Waals surface area contributed by atoms with Crippen molar-refractivity contribution in [1.82, 2.24) is 0 Å². The Hall–Kier alpha value is -4.92. The first kappa shape index (κ1) is 20.5. The van der Waals surface area contributed by atoms with E-state index < -0.39 is 0 Å². The van der Waals surface area contributed by atoms with E-state index in [-0.39, 0.29) is 11.8 Å². The second-order valence-corrected chi connectivity index (χ2v) is 9.52. The summed E-state index contributed by atoms with van der Waals surface area (Å²) < 4.78 is 0. The number of hydrogen-bond donors (Lipinski definition) is 0. The number of fused-ring (bicyclic) bond motifs is 6. The number of hydrogen-bond acceptors (Lipinski definition) is 2. The summed E-state index contributed by atoms with van der Waals surface area (Å²) in [7, 11) is 0.